The largest absolute Gasteiger partial charge is 0.486 e. The second-order valence-electron chi connectivity index (χ2n) is 6.77. The highest BCUT2D eigenvalue weighted by molar-refractivity contribution is 6.07. The van der Waals surface area contributed by atoms with E-state index in [1.807, 2.05) is 13.0 Å². The topological polar surface area (TPSA) is 116 Å². The van der Waals surface area contributed by atoms with Gasteiger partial charge in [0.2, 0.25) is 0 Å². The van der Waals surface area contributed by atoms with Crippen LogP contribution >= 0.6 is 0 Å². The van der Waals surface area contributed by atoms with Gasteiger partial charge in [0.25, 0.3) is 11.8 Å². The van der Waals surface area contributed by atoms with Crippen molar-refractivity contribution in [2.24, 2.45) is 0 Å². The number of nitrogens with zero attached hydrogens (tertiary/aromatic N) is 1. The van der Waals surface area contributed by atoms with Crippen LogP contribution in [0, 0.1) is 6.92 Å². The quantitative estimate of drug-likeness (QED) is 0.615. The number of hydrogen-bond donors (Lipinski definition) is 3. The number of amides is 2. The van der Waals surface area contributed by atoms with Crippen molar-refractivity contribution in [1.82, 2.24) is 4.98 Å². The van der Waals surface area contributed by atoms with Gasteiger partial charge < -0.3 is 25.8 Å². The zero-order valence-electron chi connectivity index (χ0n) is 16.3. The number of aromatic nitrogens is 1. The first-order valence-electron chi connectivity index (χ1n) is 9.34. The lowest BCUT2D eigenvalue weighted by Crippen LogP contribution is -2.17. The molecule has 1 aliphatic rings. The first-order valence-corrected chi connectivity index (χ1v) is 9.34. The Hall–Kier alpha value is -4.07. The molecule has 0 spiro atoms. The van der Waals surface area contributed by atoms with Gasteiger partial charge in [0.1, 0.15) is 19.0 Å². The molecule has 30 heavy (non-hydrogen) atoms. The first-order chi connectivity index (χ1) is 14.5. The molecule has 2 heterocycles. The van der Waals surface area contributed by atoms with E-state index in [2.05, 4.69) is 15.6 Å². The average Bonchev–Trinajstić information content (AvgIpc) is 2.75. The molecule has 4 rings (SSSR count). The maximum atomic E-state index is 12.7. The number of hydrogen-bond acceptors (Lipinski definition) is 6. The molecule has 1 aliphatic heterocycles. The monoisotopic (exact) mass is 404 g/mol. The minimum atomic E-state index is -0.317. The summed E-state index contributed by atoms with van der Waals surface area (Å²) in [5, 5.41) is 5.68. The van der Waals surface area contributed by atoms with E-state index in [0.29, 0.717) is 47.2 Å². The third-order valence-corrected chi connectivity index (χ3v) is 4.59. The number of nitrogens with two attached hydrogens (primary N) is 1. The third-order valence-electron chi connectivity index (χ3n) is 4.59. The summed E-state index contributed by atoms with van der Waals surface area (Å²) < 4.78 is 11.0. The number of rotatable bonds is 4. The maximum Gasteiger partial charge on any atom is 0.255 e. The van der Waals surface area contributed by atoms with E-state index in [0.717, 1.165) is 5.56 Å². The SMILES string of the molecule is Cc1ccc(NC(=O)c2ccc3c(c2)OCCO3)cc1NC(=O)c1ccnc(N)c1. The van der Waals surface area contributed by atoms with Gasteiger partial charge in [-0.2, -0.15) is 0 Å². The summed E-state index contributed by atoms with van der Waals surface area (Å²) in [5.41, 5.74) is 8.45. The van der Waals surface area contributed by atoms with Crippen LogP contribution in [0.5, 0.6) is 11.5 Å². The van der Waals surface area contributed by atoms with Gasteiger partial charge in [-0.25, -0.2) is 4.98 Å². The summed E-state index contributed by atoms with van der Waals surface area (Å²) in [5.74, 6) is 0.814. The third kappa shape index (κ3) is 4.17. The van der Waals surface area contributed by atoms with E-state index in [1.165, 1.54) is 12.3 Å². The highest BCUT2D eigenvalue weighted by atomic mass is 16.6. The van der Waals surface area contributed by atoms with Crippen LogP contribution in [0.3, 0.4) is 0 Å². The molecule has 0 unspecified atom stereocenters. The van der Waals surface area contributed by atoms with E-state index in [1.54, 1.807) is 36.4 Å². The second kappa shape index (κ2) is 8.12. The average molecular weight is 404 g/mol. The molecule has 8 nitrogen and oxygen atoms in total. The van der Waals surface area contributed by atoms with Crippen LogP contribution in [0.4, 0.5) is 17.2 Å². The summed E-state index contributed by atoms with van der Waals surface area (Å²) >= 11 is 0. The van der Waals surface area contributed by atoms with Crippen molar-refractivity contribution in [2.75, 3.05) is 29.6 Å². The number of nitrogen functional groups attached to an aromatic ring is 1. The molecule has 0 atom stereocenters. The molecule has 0 bridgehead atoms. The minimum absolute atomic E-state index is 0.264. The fraction of sp³-hybridized carbons (Fsp3) is 0.136. The van der Waals surface area contributed by atoms with Crippen molar-refractivity contribution in [3.05, 3.63) is 71.4 Å². The predicted octanol–water partition coefficient (Wildman–Crippen LogP) is 3.25. The second-order valence-corrected chi connectivity index (χ2v) is 6.77. The van der Waals surface area contributed by atoms with Crippen LogP contribution < -0.4 is 25.8 Å². The smallest absolute Gasteiger partial charge is 0.255 e. The van der Waals surface area contributed by atoms with E-state index >= 15 is 0 Å². The van der Waals surface area contributed by atoms with Gasteiger partial charge in [-0.3, -0.25) is 9.59 Å². The standard InChI is InChI=1S/C22H20N4O4/c1-13-2-4-16(12-17(13)26-22(28)15-6-7-24-20(23)11-15)25-21(27)14-3-5-18-19(10-14)30-9-8-29-18/h2-7,10-12H,8-9H2,1H3,(H2,23,24)(H,25,27)(H,26,28). The van der Waals surface area contributed by atoms with Crippen LogP contribution in [0.2, 0.25) is 0 Å². The normalized spacial score (nSPS) is 12.2. The highest BCUT2D eigenvalue weighted by Crippen LogP contribution is 2.31. The molecule has 152 valence electrons. The highest BCUT2D eigenvalue weighted by Gasteiger charge is 2.16. The molecule has 4 N–H and O–H groups in total. The lowest BCUT2D eigenvalue weighted by Gasteiger charge is -2.18. The number of carbonyl (C=O) groups excluding carboxylic acids is 2. The molecule has 8 heteroatoms. The number of fused-ring (bicyclic) bond motifs is 1. The summed E-state index contributed by atoms with van der Waals surface area (Å²) in [6.45, 7) is 2.80. The summed E-state index contributed by atoms with van der Waals surface area (Å²) in [4.78, 5) is 29.0. The van der Waals surface area contributed by atoms with Crippen molar-refractivity contribution in [3.8, 4) is 11.5 Å². The van der Waals surface area contributed by atoms with Gasteiger partial charge in [0.15, 0.2) is 11.5 Å². The molecular weight excluding hydrogens is 384 g/mol. The van der Waals surface area contributed by atoms with Crippen molar-refractivity contribution in [3.63, 3.8) is 0 Å². The van der Waals surface area contributed by atoms with E-state index in [4.69, 9.17) is 15.2 Å². The van der Waals surface area contributed by atoms with Crippen LogP contribution in [-0.2, 0) is 0 Å². The molecule has 1 aromatic heterocycles. The molecule has 0 radical (unpaired) electrons. The van der Waals surface area contributed by atoms with E-state index in [9.17, 15) is 9.59 Å². The van der Waals surface area contributed by atoms with E-state index < -0.39 is 0 Å². The summed E-state index contributed by atoms with van der Waals surface area (Å²) in [6, 6.07) is 13.4. The number of aryl methyl sites for hydroxylation is 1. The molecular formula is C22H20N4O4. The summed E-state index contributed by atoms with van der Waals surface area (Å²) in [6.07, 6.45) is 1.47. The number of ether oxygens (including phenoxy) is 2. The fourth-order valence-electron chi connectivity index (χ4n) is 3.01. The number of carbonyl (C=O) groups is 2. The fourth-order valence-corrected chi connectivity index (χ4v) is 3.01. The van der Waals surface area contributed by atoms with Crippen molar-refractivity contribution < 1.29 is 19.1 Å². The van der Waals surface area contributed by atoms with Gasteiger partial charge in [-0.15, -0.1) is 0 Å². The van der Waals surface area contributed by atoms with Crippen LogP contribution in [0.25, 0.3) is 0 Å². The minimum Gasteiger partial charge on any atom is -0.486 e. The zero-order chi connectivity index (χ0) is 21.1. The van der Waals surface area contributed by atoms with Crippen LogP contribution in [0.1, 0.15) is 26.3 Å². The van der Waals surface area contributed by atoms with Crippen LogP contribution in [-0.4, -0.2) is 30.0 Å². The van der Waals surface area contributed by atoms with Crippen molar-refractivity contribution >= 4 is 29.0 Å². The number of nitrogens with one attached hydrogen (secondary N) is 2. The molecule has 0 saturated carbocycles. The first kappa shape index (κ1) is 19.3. The maximum absolute atomic E-state index is 12.7. The molecule has 0 fully saturated rings. The molecule has 2 amide bonds. The zero-order valence-corrected chi connectivity index (χ0v) is 16.3. The Bertz CT molecular complexity index is 1130. The summed E-state index contributed by atoms with van der Waals surface area (Å²) in [7, 11) is 0. The molecule has 0 saturated heterocycles. The van der Waals surface area contributed by atoms with Gasteiger partial charge in [0, 0.05) is 28.7 Å². The van der Waals surface area contributed by atoms with Crippen molar-refractivity contribution in [1.29, 1.82) is 0 Å². The Labute approximate surface area is 173 Å². The number of anilines is 3. The Kier molecular flexibility index (Phi) is 5.21. The van der Waals surface area contributed by atoms with Gasteiger partial charge in [0.05, 0.1) is 0 Å². The van der Waals surface area contributed by atoms with Gasteiger partial charge >= 0.3 is 0 Å². The van der Waals surface area contributed by atoms with Gasteiger partial charge in [-0.1, -0.05) is 6.07 Å². The number of benzene rings is 2. The lowest BCUT2D eigenvalue weighted by atomic mass is 10.1. The van der Waals surface area contributed by atoms with Crippen molar-refractivity contribution in [2.45, 2.75) is 6.92 Å². The number of pyridine rings is 1. The molecule has 3 aromatic rings. The van der Waals surface area contributed by atoms with Gasteiger partial charge in [-0.05, 0) is 55.0 Å². The Morgan fingerprint density at radius 2 is 1.63 bits per heavy atom. The van der Waals surface area contributed by atoms with Crippen LogP contribution in [0.15, 0.2) is 54.7 Å². The Morgan fingerprint density at radius 1 is 0.900 bits per heavy atom. The Balaban J connectivity index is 1.50. The molecule has 2 aromatic carbocycles. The Morgan fingerprint density at radius 3 is 2.43 bits per heavy atom. The lowest BCUT2D eigenvalue weighted by molar-refractivity contribution is 0.101. The molecule has 0 aliphatic carbocycles. The predicted molar refractivity (Wildman–Crippen MR) is 113 cm³/mol. The van der Waals surface area contributed by atoms with E-state index in [-0.39, 0.29) is 17.6 Å².